The number of carbonyl (C=O) groups is 2. The van der Waals surface area contributed by atoms with Gasteiger partial charge < -0.3 is 10.2 Å². The molecule has 0 saturated heterocycles. The minimum atomic E-state index is -0.595. The Kier molecular flexibility index (Phi) is 7.90. The topological polar surface area (TPSA) is 74.6 Å². The molecule has 5 saturated carbocycles. The van der Waals surface area contributed by atoms with Gasteiger partial charge in [0, 0.05) is 0 Å². The maximum absolute atomic E-state index is 12.1. The van der Waals surface area contributed by atoms with Crippen molar-refractivity contribution in [3.05, 3.63) is 0 Å². The van der Waals surface area contributed by atoms with Gasteiger partial charge in [-0.1, -0.05) is 51.4 Å². The van der Waals surface area contributed by atoms with Crippen LogP contribution in [-0.4, -0.2) is 22.2 Å². The Balaban J connectivity index is 1.36. The Morgan fingerprint density at radius 3 is 1.38 bits per heavy atom. The molecule has 34 heavy (non-hydrogen) atoms. The Labute approximate surface area is 206 Å². The van der Waals surface area contributed by atoms with E-state index in [4.69, 9.17) is 0 Å². The Morgan fingerprint density at radius 1 is 0.412 bits per heavy atom. The summed E-state index contributed by atoms with van der Waals surface area (Å²) in [7, 11) is 0. The predicted molar refractivity (Wildman–Crippen MR) is 133 cm³/mol. The first-order chi connectivity index (χ1) is 16.5. The van der Waals surface area contributed by atoms with Crippen molar-refractivity contribution in [2.24, 2.45) is 59.2 Å². The summed E-state index contributed by atoms with van der Waals surface area (Å²) in [6.07, 6.45) is 22.0. The Morgan fingerprint density at radius 2 is 0.853 bits per heavy atom. The van der Waals surface area contributed by atoms with Gasteiger partial charge in [0.05, 0.1) is 11.8 Å². The molecule has 0 heterocycles. The average Bonchev–Trinajstić information content (AvgIpc) is 3.58. The number of carboxylic acids is 2. The lowest BCUT2D eigenvalue weighted by Crippen LogP contribution is -2.44. The predicted octanol–water partition coefficient (Wildman–Crippen LogP) is 7.41. The van der Waals surface area contributed by atoms with Crippen molar-refractivity contribution in [2.75, 3.05) is 0 Å². The van der Waals surface area contributed by atoms with Crippen LogP contribution in [0.3, 0.4) is 0 Å². The fourth-order valence-corrected chi connectivity index (χ4v) is 9.91. The minimum absolute atomic E-state index is 0.122. The molecular weight excluding hydrogens is 424 g/mol. The van der Waals surface area contributed by atoms with Crippen molar-refractivity contribution in [3.8, 4) is 0 Å². The molecule has 4 heteroatoms. The smallest absolute Gasteiger partial charge is 0.306 e. The zero-order chi connectivity index (χ0) is 23.7. The van der Waals surface area contributed by atoms with Gasteiger partial charge in [0.15, 0.2) is 0 Å². The zero-order valence-electron chi connectivity index (χ0n) is 21.2. The Hall–Kier alpha value is -1.06. The first-order valence-electron chi connectivity index (χ1n) is 15.0. The average molecular weight is 473 g/mol. The highest BCUT2D eigenvalue weighted by Gasteiger charge is 2.48. The summed E-state index contributed by atoms with van der Waals surface area (Å²) >= 11 is 0. The van der Waals surface area contributed by atoms with Crippen LogP contribution in [0, 0.1) is 59.2 Å². The SMILES string of the molecule is O=C(O)C1CCC(C2CCC(C3CCCC3)C(C3CC(C(=O)O)CCC3C3CCCC3)C2)CC1. The van der Waals surface area contributed by atoms with Crippen molar-refractivity contribution in [2.45, 2.75) is 116 Å². The molecule has 6 atom stereocenters. The molecule has 5 aliphatic rings. The molecule has 0 bridgehead atoms. The van der Waals surface area contributed by atoms with E-state index < -0.39 is 11.9 Å². The van der Waals surface area contributed by atoms with Gasteiger partial charge in [0.1, 0.15) is 0 Å². The van der Waals surface area contributed by atoms with E-state index in [0.29, 0.717) is 17.8 Å². The largest absolute Gasteiger partial charge is 0.481 e. The van der Waals surface area contributed by atoms with Gasteiger partial charge in [0.2, 0.25) is 0 Å². The van der Waals surface area contributed by atoms with E-state index in [1.54, 1.807) is 0 Å². The van der Waals surface area contributed by atoms with E-state index in [1.807, 2.05) is 0 Å². The molecule has 4 nitrogen and oxygen atoms in total. The van der Waals surface area contributed by atoms with Crippen LogP contribution in [0.5, 0.6) is 0 Å². The number of aliphatic carboxylic acids is 2. The highest BCUT2D eigenvalue weighted by Crippen LogP contribution is 2.56. The minimum Gasteiger partial charge on any atom is -0.481 e. The second-order valence-electron chi connectivity index (χ2n) is 13.1. The lowest BCUT2D eigenvalue weighted by atomic mass is 9.54. The molecule has 0 aromatic heterocycles. The maximum Gasteiger partial charge on any atom is 0.306 e. The normalized spacial score (nSPS) is 42.6. The van der Waals surface area contributed by atoms with Crippen molar-refractivity contribution < 1.29 is 19.8 Å². The molecule has 0 radical (unpaired) electrons. The molecule has 0 aromatic carbocycles. The zero-order valence-corrected chi connectivity index (χ0v) is 21.2. The third kappa shape index (κ3) is 5.21. The van der Waals surface area contributed by atoms with Gasteiger partial charge >= 0.3 is 11.9 Å². The summed E-state index contributed by atoms with van der Waals surface area (Å²) in [5.74, 6) is 4.67. The van der Waals surface area contributed by atoms with Crippen molar-refractivity contribution in [3.63, 3.8) is 0 Å². The Bertz CT molecular complexity index is 699. The van der Waals surface area contributed by atoms with Gasteiger partial charge in [-0.05, 0) is 112 Å². The second kappa shape index (κ2) is 10.9. The second-order valence-corrected chi connectivity index (χ2v) is 13.1. The van der Waals surface area contributed by atoms with Crippen LogP contribution in [0.25, 0.3) is 0 Å². The standard InChI is InChI=1S/C30H48O4/c31-29(32)22-11-9-19(10-12-22)23-13-15-25(20-5-1-2-6-20)27(17-23)28-18-24(30(33)34)14-16-26(28)21-7-3-4-8-21/h19-28H,1-18H2,(H,31,32)(H,33,34). The summed E-state index contributed by atoms with van der Waals surface area (Å²) < 4.78 is 0. The van der Waals surface area contributed by atoms with Crippen LogP contribution in [0.2, 0.25) is 0 Å². The van der Waals surface area contributed by atoms with Gasteiger partial charge in [-0.25, -0.2) is 0 Å². The molecule has 0 aromatic rings. The van der Waals surface area contributed by atoms with Crippen molar-refractivity contribution in [1.82, 2.24) is 0 Å². The van der Waals surface area contributed by atoms with E-state index in [2.05, 4.69) is 0 Å². The summed E-state index contributed by atoms with van der Waals surface area (Å²) in [6.45, 7) is 0. The van der Waals surface area contributed by atoms with Crippen LogP contribution >= 0.6 is 0 Å². The number of carboxylic acid groups (broad SMARTS) is 2. The molecule has 5 rings (SSSR count). The lowest BCUT2D eigenvalue weighted by molar-refractivity contribution is -0.146. The van der Waals surface area contributed by atoms with Gasteiger partial charge in [-0.3, -0.25) is 9.59 Å². The van der Waals surface area contributed by atoms with E-state index in [0.717, 1.165) is 74.5 Å². The number of hydrogen-bond acceptors (Lipinski definition) is 2. The third-order valence-electron chi connectivity index (χ3n) is 11.6. The molecule has 0 amide bonds. The summed E-state index contributed by atoms with van der Waals surface area (Å²) in [5, 5.41) is 19.4. The van der Waals surface area contributed by atoms with Crippen LogP contribution in [0.15, 0.2) is 0 Å². The molecule has 0 spiro atoms. The third-order valence-corrected chi connectivity index (χ3v) is 11.6. The van der Waals surface area contributed by atoms with E-state index in [-0.39, 0.29) is 11.8 Å². The highest BCUT2D eigenvalue weighted by atomic mass is 16.4. The van der Waals surface area contributed by atoms with Crippen molar-refractivity contribution >= 4 is 11.9 Å². The highest BCUT2D eigenvalue weighted by molar-refractivity contribution is 5.70. The molecule has 6 unspecified atom stereocenters. The quantitative estimate of drug-likeness (QED) is 0.422. The molecule has 5 fully saturated rings. The molecule has 0 aliphatic heterocycles. The summed E-state index contributed by atoms with van der Waals surface area (Å²) in [5.41, 5.74) is 0. The molecule has 192 valence electrons. The van der Waals surface area contributed by atoms with E-state index >= 15 is 0 Å². The summed E-state index contributed by atoms with van der Waals surface area (Å²) in [6, 6.07) is 0. The van der Waals surface area contributed by atoms with Crippen LogP contribution in [-0.2, 0) is 9.59 Å². The van der Waals surface area contributed by atoms with E-state index in [9.17, 15) is 19.8 Å². The van der Waals surface area contributed by atoms with Crippen LogP contribution in [0.1, 0.15) is 116 Å². The van der Waals surface area contributed by atoms with Crippen LogP contribution < -0.4 is 0 Å². The molecule has 5 aliphatic carbocycles. The summed E-state index contributed by atoms with van der Waals surface area (Å²) in [4.78, 5) is 23.6. The van der Waals surface area contributed by atoms with Crippen LogP contribution in [0.4, 0.5) is 0 Å². The van der Waals surface area contributed by atoms with Gasteiger partial charge in [-0.15, -0.1) is 0 Å². The van der Waals surface area contributed by atoms with Gasteiger partial charge in [-0.2, -0.15) is 0 Å². The lowest BCUT2D eigenvalue weighted by Gasteiger charge is -2.51. The molecular formula is C30H48O4. The fraction of sp³-hybridized carbons (Fsp3) is 0.933. The van der Waals surface area contributed by atoms with E-state index in [1.165, 1.54) is 70.6 Å². The monoisotopic (exact) mass is 472 g/mol. The fourth-order valence-electron chi connectivity index (χ4n) is 9.91. The van der Waals surface area contributed by atoms with Crippen molar-refractivity contribution in [1.29, 1.82) is 0 Å². The first kappa shape index (κ1) is 24.6. The van der Waals surface area contributed by atoms with Gasteiger partial charge in [0.25, 0.3) is 0 Å². The molecule has 2 N–H and O–H groups in total. The number of rotatable bonds is 6. The maximum atomic E-state index is 12.1. The first-order valence-corrected chi connectivity index (χ1v) is 15.0. The number of hydrogen-bond donors (Lipinski definition) is 2.